The first-order valence-corrected chi connectivity index (χ1v) is 5.79. The van der Waals surface area contributed by atoms with Crippen molar-refractivity contribution in [3.63, 3.8) is 0 Å². The van der Waals surface area contributed by atoms with E-state index in [1.807, 2.05) is 11.4 Å². The van der Waals surface area contributed by atoms with Crippen molar-refractivity contribution in [1.29, 1.82) is 0 Å². The molecule has 0 aliphatic rings. The molecule has 0 amide bonds. The molecule has 2 heterocycles. The lowest BCUT2D eigenvalue weighted by Gasteiger charge is -2.07. The second kappa shape index (κ2) is 5.06. The molecule has 86 valence electrons. The van der Waals surface area contributed by atoms with Crippen LogP contribution in [-0.2, 0) is 0 Å². The van der Waals surface area contributed by atoms with Gasteiger partial charge < -0.3 is 10.4 Å². The summed E-state index contributed by atoms with van der Waals surface area (Å²) < 4.78 is 0. The molecule has 0 unspecified atom stereocenters. The Kier molecular flexibility index (Phi) is 3.50. The first kappa shape index (κ1) is 11.1. The highest BCUT2D eigenvalue weighted by Gasteiger charge is 2.07. The van der Waals surface area contributed by atoms with Crippen LogP contribution >= 0.6 is 11.3 Å². The molecular formula is C9H13N5OS. The highest BCUT2D eigenvalue weighted by molar-refractivity contribution is 7.16. The number of nitrogen functional groups attached to an aromatic ring is 1. The van der Waals surface area contributed by atoms with Crippen molar-refractivity contribution >= 4 is 33.3 Å². The zero-order valence-corrected chi connectivity index (χ0v) is 9.42. The van der Waals surface area contributed by atoms with Gasteiger partial charge in [-0.3, -0.25) is 5.43 Å². The highest BCUT2D eigenvalue weighted by Crippen LogP contribution is 2.25. The molecule has 6 nitrogen and oxygen atoms in total. The van der Waals surface area contributed by atoms with Crippen LogP contribution in [0.2, 0.25) is 0 Å². The summed E-state index contributed by atoms with van der Waals surface area (Å²) >= 11 is 1.53. The molecule has 2 aromatic heterocycles. The van der Waals surface area contributed by atoms with Gasteiger partial charge in [0.2, 0.25) is 5.95 Å². The van der Waals surface area contributed by atoms with E-state index in [-0.39, 0.29) is 6.61 Å². The van der Waals surface area contributed by atoms with Crippen LogP contribution in [0.4, 0.5) is 11.8 Å². The molecule has 0 saturated carbocycles. The molecule has 0 aromatic carbocycles. The van der Waals surface area contributed by atoms with E-state index < -0.39 is 0 Å². The maximum absolute atomic E-state index is 8.72. The van der Waals surface area contributed by atoms with Crippen molar-refractivity contribution in [2.75, 3.05) is 23.9 Å². The van der Waals surface area contributed by atoms with Crippen LogP contribution in [0.5, 0.6) is 0 Å². The number of hydrogen-bond acceptors (Lipinski definition) is 7. The van der Waals surface area contributed by atoms with Crippen LogP contribution in [-0.4, -0.2) is 28.2 Å². The second-order valence-electron chi connectivity index (χ2n) is 3.18. The topological polar surface area (TPSA) is 96.1 Å². The van der Waals surface area contributed by atoms with Crippen LogP contribution in [0, 0.1) is 0 Å². The van der Waals surface area contributed by atoms with Crippen molar-refractivity contribution in [2.45, 2.75) is 6.42 Å². The third kappa shape index (κ3) is 2.21. The maximum atomic E-state index is 8.72. The normalized spacial score (nSPS) is 10.6. The van der Waals surface area contributed by atoms with Gasteiger partial charge in [-0.2, -0.15) is 4.98 Å². The van der Waals surface area contributed by atoms with Crippen LogP contribution in [0.15, 0.2) is 11.4 Å². The van der Waals surface area contributed by atoms with Gasteiger partial charge in [0.1, 0.15) is 10.6 Å². The van der Waals surface area contributed by atoms with E-state index in [0.717, 1.165) is 16.0 Å². The Morgan fingerprint density at radius 2 is 2.31 bits per heavy atom. The fraction of sp³-hybridized carbons (Fsp3) is 0.333. The number of aliphatic hydroxyl groups is 1. The number of nitrogens with zero attached hydrogens (tertiary/aromatic N) is 2. The standard InChI is InChI=1S/C9H13N5OS/c10-14-9-12-7(11-3-1-4-15)6-2-5-16-8(6)13-9/h2,5,15H,1,3-4,10H2,(H2,11,12,13,14). The van der Waals surface area contributed by atoms with Crippen molar-refractivity contribution < 1.29 is 5.11 Å². The Bertz CT molecular complexity index is 472. The molecule has 0 bridgehead atoms. The number of fused-ring (bicyclic) bond motifs is 1. The smallest absolute Gasteiger partial charge is 0.240 e. The largest absolute Gasteiger partial charge is 0.396 e. The number of thiophene rings is 1. The number of hydrogen-bond donors (Lipinski definition) is 4. The van der Waals surface area contributed by atoms with Gasteiger partial charge in [-0.05, 0) is 17.9 Å². The molecule has 0 spiro atoms. The predicted molar refractivity (Wildman–Crippen MR) is 65.4 cm³/mol. The Balaban J connectivity index is 2.29. The maximum Gasteiger partial charge on any atom is 0.240 e. The zero-order chi connectivity index (χ0) is 11.4. The summed E-state index contributed by atoms with van der Waals surface area (Å²) in [5, 5.41) is 14.8. The number of rotatable bonds is 5. The van der Waals surface area contributed by atoms with E-state index in [1.165, 1.54) is 11.3 Å². The first-order valence-electron chi connectivity index (χ1n) is 4.91. The zero-order valence-electron chi connectivity index (χ0n) is 8.60. The fourth-order valence-corrected chi connectivity index (χ4v) is 2.10. The number of hydrazine groups is 1. The second-order valence-corrected chi connectivity index (χ2v) is 4.08. The Morgan fingerprint density at radius 3 is 3.06 bits per heavy atom. The van der Waals surface area contributed by atoms with Gasteiger partial charge >= 0.3 is 0 Å². The quantitative estimate of drug-likeness (QED) is 0.350. The van der Waals surface area contributed by atoms with E-state index in [1.54, 1.807) is 0 Å². The van der Waals surface area contributed by atoms with Crippen LogP contribution in [0.1, 0.15) is 6.42 Å². The summed E-state index contributed by atoms with van der Waals surface area (Å²) in [7, 11) is 0. The van der Waals surface area contributed by atoms with Gasteiger partial charge in [-0.1, -0.05) is 0 Å². The summed E-state index contributed by atoms with van der Waals surface area (Å²) in [5.41, 5.74) is 2.43. The van der Waals surface area contributed by atoms with Gasteiger partial charge in [0.25, 0.3) is 0 Å². The minimum Gasteiger partial charge on any atom is -0.396 e. The molecule has 0 fully saturated rings. The van der Waals surface area contributed by atoms with Gasteiger partial charge in [0.15, 0.2) is 0 Å². The van der Waals surface area contributed by atoms with Crippen molar-refractivity contribution in [3.8, 4) is 0 Å². The summed E-state index contributed by atoms with van der Waals surface area (Å²) in [6, 6.07) is 1.96. The fourth-order valence-electron chi connectivity index (χ4n) is 1.34. The molecule has 5 N–H and O–H groups in total. The minimum absolute atomic E-state index is 0.160. The third-order valence-corrected chi connectivity index (χ3v) is 2.89. The summed E-state index contributed by atoms with van der Waals surface area (Å²) in [6.07, 6.45) is 0.682. The lowest BCUT2D eigenvalue weighted by molar-refractivity contribution is 0.292. The lowest BCUT2D eigenvalue weighted by atomic mass is 10.3. The van der Waals surface area contributed by atoms with Crippen molar-refractivity contribution in [2.24, 2.45) is 5.84 Å². The molecule has 0 saturated heterocycles. The number of aromatic nitrogens is 2. The molecule has 0 aliphatic carbocycles. The van der Waals surface area contributed by atoms with Gasteiger partial charge in [0, 0.05) is 13.2 Å². The predicted octanol–water partition coefficient (Wildman–Crippen LogP) is 0.771. The monoisotopic (exact) mass is 239 g/mol. The SMILES string of the molecule is NNc1nc(NCCCO)c2ccsc2n1. The average Bonchev–Trinajstić information content (AvgIpc) is 2.77. The number of nitrogens with two attached hydrogens (primary N) is 1. The molecule has 2 rings (SSSR count). The highest BCUT2D eigenvalue weighted by atomic mass is 32.1. The first-order chi connectivity index (χ1) is 7.85. The minimum atomic E-state index is 0.160. The van der Waals surface area contributed by atoms with E-state index in [4.69, 9.17) is 10.9 Å². The Hall–Kier alpha value is -1.44. The summed E-state index contributed by atoms with van der Waals surface area (Å²) in [4.78, 5) is 9.34. The molecular weight excluding hydrogens is 226 g/mol. The molecule has 16 heavy (non-hydrogen) atoms. The van der Waals surface area contributed by atoms with E-state index >= 15 is 0 Å². The number of anilines is 2. The molecule has 0 atom stereocenters. The molecule has 0 radical (unpaired) electrons. The van der Waals surface area contributed by atoms with Gasteiger partial charge in [-0.15, -0.1) is 11.3 Å². The summed E-state index contributed by atoms with van der Waals surface area (Å²) in [5.74, 6) is 6.43. The average molecular weight is 239 g/mol. The molecule has 2 aromatic rings. The van der Waals surface area contributed by atoms with E-state index in [0.29, 0.717) is 18.9 Å². The lowest BCUT2D eigenvalue weighted by Crippen LogP contribution is -2.12. The van der Waals surface area contributed by atoms with E-state index in [2.05, 4.69) is 20.7 Å². The van der Waals surface area contributed by atoms with E-state index in [9.17, 15) is 0 Å². The number of aliphatic hydroxyl groups excluding tert-OH is 1. The van der Waals surface area contributed by atoms with Crippen LogP contribution < -0.4 is 16.6 Å². The third-order valence-electron chi connectivity index (χ3n) is 2.08. The Morgan fingerprint density at radius 1 is 1.44 bits per heavy atom. The van der Waals surface area contributed by atoms with Crippen LogP contribution in [0.25, 0.3) is 10.2 Å². The summed E-state index contributed by atoms with van der Waals surface area (Å²) in [6.45, 7) is 0.829. The van der Waals surface area contributed by atoms with Crippen molar-refractivity contribution in [1.82, 2.24) is 9.97 Å². The van der Waals surface area contributed by atoms with Gasteiger partial charge in [-0.25, -0.2) is 10.8 Å². The Labute approximate surface area is 96.5 Å². The number of nitrogens with one attached hydrogen (secondary N) is 2. The van der Waals surface area contributed by atoms with Gasteiger partial charge in [0.05, 0.1) is 5.39 Å². The molecule has 7 heteroatoms. The van der Waals surface area contributed by atoms with Crippen molar-refractivity contribution in [3.05, 3.63) is 11.4 Å². The molecule has 0 aliphatic heterocycles. The van der Waals surface area contributed by atoms with Crippen LogP contribution in [0.3, 0.4) is 0 Å².